The number of nitrogens with zero attached hydrogens (tertiary/aromatic N) is 1. The highest BCUT2D eigenvalue weighted by atomic mass is 16.3. The molecule has 1 unspecified atom stereocenters. The van der Waals surface area contributed by atoms with Crippen molar-refractivity contribution in [3.63, 3.8) is 0 Å². The smallest absolute Gasteiger partial charge is 0.0558 e. The SMILES string of the molecule is CCC(CC)N(CCO)CC(C)CO. The van der Waals surface area contributed by atoms with E-state index in [1.165, 1.54) is 0 Å². The van der Waals surface area contributed by atoms with Gasteiger partial charge in [0.1, 0.15) is 0 Å². The van der Waals surface area contributed by atoms with Crippen molar-refractivity contribution in [2.45, 2.75) is 39.7 Å². The first kappa shape index (κ1) is 13.9. The normalized spacial score (nSPS) is 13.9. The molecular weight excluding hydrogens is 178 g/mol. The van der Waals surface area contributed by atoms with Gasteiger partial charge in [-0.3, -0.25) is 4.90 Å². The summed E-state index contributed by atoms with van der Waals surface area (Å²) >= 11 is 0. The van der Waals surface area contributed by atoms with Gasteiger partial charge in [-0.05, 0) is 18.8 Å². The largest absolute Gasteiger partial charge is 0.396 e. The van der Waals surface area contributed by atoms with Crippen molar-refractivity contribution in [1.82, 2.24) is 4.90 Å². The first-order valence-electron chi connectivity index (χ1n) is 5.65. The summed E-state index contributed by atoms with van der Waals surface area (Å²) in [6.07, 6.45) is 2.21. The lowest BCUT2D eigenvalue weighted by Gasteiger charge is -2.31. The fraction of sp³-hybridized carbons (Fsp3) is 1.00. The molecule has 0 aromatic rings. The van der Waals surface area contributed by atoms with Crippen LogP contribution in [0, 0.1) is 5.92 Å². The minimum atomic E-state index is 0.203. The molecular formula is C11H25NO2. The van der Waals surface area contributed by atoms with Crippen LogP contribution < -0.4 is 0 Å². The summed E-state index contributed by atoms with van der Waals surface area (Å²) in [6, 6.07) is 0.538. The van der Waals surface area contributed by atoms with E-state index in [1.54, 1.807) is 0 Å². The summed E-state index contributed by atoms with van der Waals surface area (Å²) in [7, 11) is 0. The predicted molar refractivity (Wildman–Crippen MR) is 59.3 cm³/mol. The van der Waals surface area contributed by atoms with Crippen LogP contribution in [0.4, 0.5) is 0 Å². The van der Waals surface area contributed by atoms with E-state index >= 15 is 0 Å². The third kappa shape index (κ3) is 4.94. The topological polar surface area (TPSA) is 43.7 Å². The molecule has 0 spiro atoms. The second-order valence-corrected chi connectivity index (χ2v) is 3.98. The zero-order valence-electron chi connectivity index (χ0n) is 9.74. The highest BCUT2D eigenvalue weighted by Crippen LogP contribution is 2.10. The van der Waals surface area contributed by atoms with E-state index in [4.69, 9.17) is 10.2 Å². The van der Waals surface area contributed by atoms with Gasteiger partial charge in [-0.2, -0.15) is 0 Å². The summed E-state index contributed by atoms with van der Waals surface area (Å²) in [5, 5.41) is 17.9. The lowest BCUT2D eigenvalue weighted by Crippen LogP contribution is -2.40. The van der Waals surface area contributed by atoms with Gasteiger partial charge in [0, 0.05) is 25.7 Å². The first-order valence-corrected chi connectivity index (χ1v) is 5.65. The molecule has 0 bridgehead atoms. The standard InChI is InChI=1S/C11H25NO2/c1-4-11(5-2)12(6-7-13)8-10(3)9-14/h10-11,13-14H,4-9H2,1-3H3. The molecule has 0 rings (SSSR count). The zero-order valence-corrected chi connectivity index (χ0v) is 9.74. The van der Waals surface area contributed by atoms with E-state index in [-0.39, 0.29) is 13.2 Å². The van der Waals surface area contributed by atoms with E-state index in [2.05, 4.69) is 18.7 Å². The third-order valence-electron chi connectivity index (χ3n) is 2.70. The van der Waals surface area contributed by atoms with Crippen LogP contribution in [-0.2, 0) is 0 Å². The molecule has 14 heavy (non-hydrogen) atoms. The molecule has 3 heteroatoms. The van der Waals surface area contributed by atoms with Gasteiger partial charge < -0.3 is 10.2 Å². The molecule has 0 aromatic heterocycles. The third-order valence-corrected chi connectivity index (χ3v) is 2.70. The van der Waals surface area contributed by atoms with Crippen LogP contribution in [0.15, 0.2) is 0 Å². The molecule has 0 saturated carbocycles. The molecule has 1 atom stereocenters. The summed E-state index contributed by atoms with van der Waals surface area (Å²) in [5.41, 5.74) is 0. The zero-order chi connectivity index (χ0) is 11.0. The average Bonchev–Trinajstić information content (AvgIpc) is 2.19. The van der Waals surface area contributed by atoms with E-state index in [9.17, 15) is 0 Å². The fourth-order valence-corrected chi connectivity index (χ4v) is 1.81. The molecule has 0 aliphatic carbocycles. The Kier molecular flexibility index (Phi) is 8.14. The number of rotatable bonds is 8. The van der Waals surface area contributed by atoms with Gasteiger partial charge in [0.25, 0.3) is 0 Å². The Morgan fingerprint density at radius 1 is 1.14 bits per heavy atom. The lowest BCUT2D eigenvalue weighted by molar-refractivity contribution is 0.107. The van der Waals surface area contributed by atoms with Crippen LogP contribution in [-0.4, -0.2) is 47.5 Å². The Balaban J connectivity index is 4.10. The van der Waals surface area contributed by atoms with E-state index < -0.39 is 0 Å². The highest BCUT2D eigenvalue weighted by Gasteiger charge is 2.16. The minimum absolute atomic E-state index is 0.203. The number of aliphatic hydroxyl groups excluding tert-OH is 2. The van der Waals surface area contributed by atoms with Crippen LogP contribution in [0.3, 0.4) is 0 Å². The molecule has 0 fully saturated rings. The van der Waals surface area contributed by atoms with Crippen molar-refractivity contribution in [2.75, 3.05) is 26.3 Å². The Hall–Kier alpha value is -0.120. The molecule has 0 aromatic carbocycles. The minimum Gasteiger partial charge on any atom is -0.396 e. The number of aliphatic hydroxyl groups is 2. The molecule has 0 heterocycles. The van der Waals surface area contributed by atoms with Crippen LogP contribution in [0.2, 0.25) is 0 Å². The van der Waals surface area contributed by atoms with E-state index in [0.29, 0.717) is 12.0 Å². The first-order chi connectivity index (χ1) is 6.69. The fourth-order valence-electron chi connectivity index (χ4n) is 1.81. The van der Waals surface area contributed by atoms with Crippen molar-refractivity contribution in [2.24, 2.45) is 5.92 Å². The van der Waals surface area contributed by atoms with Gasteiger partial charge in [-0.15, -0.1) is 0 Å². The molecule has 2 N–H and O–H groups in total. The molecule has 0 saturated heterocycles. The summed E-state index contributed by atoms with van der Waals surface area (Å²) in [6.45, 7) is 8.40. The number of hydrogen-bond acceptors (Lipinski definition) is 3. The maximum absolute atomic E-state index is 8.99. The van der Waals surface area contributed by atoms with Crippen molar-refractivity contribution >= 4 is 0 Å². The van der Waals surface area contributed by atoms with Crippen molar-refractivity contribution in [3.8, 4) is 0 Å². The summed E-state index contributed by atoms with van der Waals surface area (Å²) in [5.74, 6) is 0.294. The predicted octanol–water partition coefficient (Wildman–Crippen LogP) is 1.10. The lowest BCUT2D eigenvalue weighted by atomic mass is 10.1. The van der Waals surface area contributed by atoms with Crippen LogP contribution in [0.1, 0.15) is 33.6 Å². The van der Waals surface area contributed by atoms with Gasteiger partial charge >= 0.3 is 0 Å². The molecule has 0 aliphatic heterocycles. The summed E-state index contributed by atoms with van der Waals surface area (Å²) in [4.78, 5) is 2.28. The maximum atomic E-state index is 8.99. The van der Waals surface area contributed by atoms with Gasteiger partial charge in [-0.1, -0.05) is 20.8 Å². The van der Waals surface area contributed by atoms with Crippen LogP contribution in [0.5, 0.6) is 0 Å². The van der Waals surface area contributed by atoms with Crippen molar-refractivity contribution < 1.29 is 10.2 Å². The Morgan fingerprint density at radius 3 is 2.07 bits per heavy atom. The molecule has 3 nitrogen and oxygen atoms in total. The Morgan fingerprint density at radius 2 is 1.71 bits per heavy atom. The second kappa shape index (κ2) is 8.21. The molecule has 86 valence electrons. The molecule has 0 radical (unpaired) electrons. The molecule has 0 amide bonds. The number of hydrogen-bond donors (Lipinski definition) is 2. The highest BCUT2D eigenvalue weighted by molar-refractivity contribution is 4.70. The van der Waals surface area contributed by atoms with Gasteiger partial charge in [0.05, 0.1) is 6.61 Å². The van der Waals surface area contributed by atoms with E-state index in [0.717, 1.165) is 25.9 Å². The van der Waals surface area contributed by atoms with Crippen LogP contribution in [0.25, 0.3) is 0 Å². The summed E-state index contributed by atoms with van der Waals surface area (Å²) < 4.78 is 0. The monoisotopic (exact) mass is 203 g/mol. The Labute approximate surface area is 87.7 Å². The average molecular weight is 203 g/mol. The quantitative estimate of drug-likeness (QED) is 0.621. The van der Waals surface area contributed by atoms with Gasteiger partial charge in [0.2, 0.25) is 0 Å². The van der Waals surface area contributed by atoms with Crippen molar-refractivity contribution in [3.05, 3.63) is 0 Å². The maximum Gasteiger partial charge on any atom is 0.0558 e. The van der Waals surface area contributed by atoms with Gasteiger partial charge in [-0.25, -0.2) is 0 Å². The van der Waals surface area contributed by atoms with E-state index in [1.807, 2.05) is 6.92 Å². The van der Waals surface area contributed by atoms with Crippen LogP contribution >= 0.6 is 0 Å². The molecule has 0 aliphatic rings. The second-order valence-electron chi connectivity index (χ2n) is 3.98. The van der Waals surface area contributed by atoms with Gasteiger partial charge in [0.15, 0.2) is 0 Å². The van der Waals surface area contributed by atoms with Crippen molar-refractivity contribution in [1.29, 1.82) is 0 Å². The Bertz CT molecular complexity index is 126.